The van der Waals surface area contributed by atoms with E-state index in [0.29, 0.717) is 0 Å². The lowest BCUT2D eigenvalue weighted by Crippen LogP contribution is -2.24. The highest BCUT2D eigenvalue weighted by atomic mass is 19.1. The van der Waals surface area contributed by atoms with Crippen LogP contribution in [0.2, 0.25) is 0 Å². The van der Waals surface area contributed by atoms with E-state index in [1.165, 1.54) is 18.3 Å². The molecule has 0 fully saturated rings. The normalized spacial score (nSPS) is 10.7. The second-order valence-electron chi connectivity index (χ2n) is 4.32. The van der Waals surface area contributed by atoms with Crippen LogP contribution in [0.4, 0.5) is 9.18 Å². The summed E-state index contributed by atoms with van der Waals surface area (Å²) in [6, 6.07) is 11.5. The maximum absolute atomic E-state index is 13.1. The van der Waals surface area contributed by atoms with Crippen molar-refractivity contribution in [3.8, 4) is 11.1 Å². The zero-order valence-electron chi connectivity index (χ0n) is 10.9. The summed E-state index contributed by atoms with van der Waals surface area (Å²) in [5.74, 6) is -0.243. The first-order valence-corrected chi connectivity index (χ1v) is 6.01. The van der Waals surface area contributed by atoms with E-state index in [1.54, 1.807) is 6.07 Å². The van der Waals surface area contributed by atoms with Gasteiger partial charge in [-0.2, -0.15) is 5.10 Å². The number of carbonyl (C=O) groups excluding carboxylic acids is 1. The number of hydrazone groups is 1. The number of halogens is 1. The maximum atomic E-state index is 13.1. The second-order valence-corrected chi connectivity index (χ2v) is 4.32. The number of benzene rings is 2. The van der Waals surface area contributed by atoms with Crippen molar-refractivity contribution in [1.82, 2.24) is 5.43 Å². The van der Waals surface area contributed by atoms with Crippen LogP contribution in [0.1, 0.15) is 11.1 Å². The van der Waals surface area contributed by atoms with Gasteiger partial charge in [-0.15, -0.1) is 0 Å². The molecule has 2 rings (SSSR count). The summed E-state index contributed by atoms with van der Waals surface area (Å²) in [6.07, 6.45) is 1.49. The molecule has 0 aliphatic rings. The predicted octanol–water partition coefficient (Wildman–Crippen LogP) is 2.80. The standard InChI is InChI=1S/C15H14FN3O/c1-10-8-13(16)6-7-14(10)12-4-2-11(3-5-12)9-18-19-15(17)20/h2-9H,1H3,(H3,17,19,20). The van der Waals surface area contributed by atoms with Crippen LogP contribution in [0.25, 0.3) is 11.1 Å². The molecule has 0 spiro atoms. The van der Waals surface area contributed by atoms with Gasteiger partial charge >= 0.3 is 6.03 Å². The predicted molar refractivity (Wildman–Crippen MR) is 76.9 cm³/mol. The molecule has 0 aliphatic carbocycles. The zero-order valence-corrected chi connectivity index (χ0v) is 10.9. The Bertz CT molecular complexity index is 651. The number of nitrogens with two attached hydrogens (primary N) is 1. The largest absolute Gasteiger partial charge is 0.350 e. The molecule has 2 amide bonds. The first kappa shape index (κ1) is 13.7. The fraction of sp³-hybridized carbons (Fsp3) is 0.0667. The van der Waals surface area contributed by atoms with Crippen LogP contribution in [-0.4, -0.2) is 12.2 Å². The van der Waals surface area contributed by atoms with Crippen molar-refractivity contribution in [2.45, 2.75) is 6.92 Å². The van der Waals surface area contributed by atoms with E-state index in [1.807, 2.05) is 31.2 Å². The molecule has 0 saturated heterocycles. The minimum Gasteiger partial charge on any atom is -0.350 e. The van der Waals surface area contributed by atoms with Gasteiger partial charge in [-0.1, -0.05) is 30.3 Å². The van der Waals surface area contributed by atoms with E-state index in [-0.39, 0.29) is 5.82 Å². The smallest absolute Gasteiger partial charge is 0.332 e. The molecule has 0 aromatic heterocycles. The Labute approximate surface area is 116 Å². The lowest BCUT2D eigenvalue weighted by Gasteiger charge is -2.06. The van der Waals surface area contributed by atoms with Crippen LogP contribution >= 0.6 is 0 Å². The third-order valence-electron chi connectivity index (χ3n) is 2.80. The first-order valence-electron chi connectivity index (χ1n) is 6.01. The number of nitrogens with zero attached hydrogens (tertiary/aromatic N) is 1. The molecule has 2 aromatic rings. The van der Waals surface area contributed by atoms with E-state index < -0.39 is 6.03 Å². The highest BCUT2D eigenvalue weighted by Crippen LogP contribution is 2.24. The number of amides is 2. The highest BCUT2D eigenvalue weighted by Gasteiger charge is 2.02. The summed E-state index contributed by atoms with van der Waals surface area (Å²) >= 11 is 0. The Morgan fingerprint density at radius 1 is 1.25 bits per heavy atom. The summed E-state index contributed by atoms with van der Waals surface area (Å²) in [5.41, 5.74) is 10.7. The summed E-state index contributed by atoms with van der Waals surface area (Å²) < 4.78 is 13.1. The Hall–Kier alpha value is -2.69. The van der Waals surface area contributed by atoms with Crippen molar-refractivity contribution in [2.24, 2.45) is 10.8 Å². The molecule has 0 atom stereocenters. The molecular formula is C15H14FN3O. The molecular weight excluding hydrogens is 257 g/mol. The lowest BCUT2D eigenvalue weighted by atomic mass is 9.99. The van der Waals surface area contributed by atoms with Crippen molar-refractivity contribution >= 4 is 12.2 Å². The summed E-state index contributed by atoms with van der Waals surface area (Å²) in [5, 5.41) is 3.67. The van der Waals surface area contributed by atoms with Crippen molar-refractivity contribution in [3.05, 3.63) is 59.4 Å². The van der Waals surface area contributed by atoms with Crippen LogP contribution in [0.5, 0.6) is 0 Å². The van der Waals surface area contributed by atoms with Gasteiger partial charge in [-0.3, -0.25) is 0 Å². The minimum atomic E-state index is -0.709. The van der Waals surface area contributed by atoms with Gasteiger partial charge in [0, 0.05) is 0 Å². The Balaban J connectivity index is 2.19. The van der Waals surface area contributed by atoms with E-state index in [0.717, 1.165) is 22.3 Å². The molecule has 5 heteroatoms. The number of urea groups is 1. The maximum Gasteiger partial charge on any atom is 0.332 e. The summed E-state index contributed by atoms with van der Waals surface area (Å²) in [6.45, 7) is 1.87. The third-order valence-corrected chi connectivity index (χ3v) is 2.80. The second kappa shape index (κ2) is 5.97. The molecule has 4 nitrogen and oxygen atoms in total. The van der Waals surface area contributed by atoms with Crippen LogP contribution in [0.3, 0.4) is 0 Å². The average Bonchev–Trinajstić information content (AvgIpc) is 2.39. The molecule has 3 N–H and O–H groups in total. The SMILES string of the molecule is Cc1cc(F)ccc1-c1ccc(C=NNC(N)=O)cc1. The molecule has 0 unspecified atom stereocenters. The fourth-order valence-corrected chi connectivity index (χ4v) is 1.87. The third kappa shape index (κ3) is 3.41. The zero-order chi connectivity index (χ0) is 14.5. The lowest BCUT2D eigenvalue weighted by molar-refractivity contribution is 0.249. The fourth-order valence-electron chi connectivity index (χ4n) is 1.87. The molecule has 0 aliphatic heterocycles. The van der Waals surface area contributed by atoms with E-state index in [2.05, 4.69) is 10.5 Å². The van der Waals surface area contributed by atoms with Gasteiger partial charge in [0.25, 0.3) is 0 Å². The Morgan fingerprint density at radius 3 is 2.55 bits per heavy atom. The van der Waals surface area contributed by atoms with Crippen molar-refractivity contribution in [3.63, 3.8) is 0 Å². The number of primary amides is 1. The summed E-state index contributed by atoms with van der Waals surface area (Å²) in [7, 11) is 0. The monoisotopic (exact) mass is 271 g/mol. The molecule has 102 valence electrons. The van der Waals surface area contributed by atoms with Crippen molar-refractivity contribution < 1.29 is 9.18 Å². The number of rotatable bonds is 3. The Kier molecular flexibility index (Phi) is 4.10. The topological polar surface area (TPSA) is 67.5 Å². The number of hydrogen-bond acceptors (Lipinski definition) is 2. The van der Waals surface area contributed by atoms with Crippen LogP contribution in [0, 0.1) is 12.7 Å². The van der Waals surface area contributed by atoms with Crippen molar-refractivity contribution in [2.75, 3.05) is 0 Å². The molecule has 2 aromatic carbocycles. The van der Waals surface area contributed by atoms with Crippen LogP contribution < -0.4 is 11.2 Å². The van der Waals surface area contributed by atoms with Crippen LogP contribution in [-0.2, 0) is 0 Å². The van der Waals surface area contributed by atoms with Gasteiger partial charge in [0.15, 0.2) is 0 Å². The van der Waals surface area contributed by atoms with Gasteiger partial charge in [0.1, 0.15) is 5.82 Å². The number of carbonyl (C=O) groups is 1. The highest BCUT2D eigenvalue weighted by molar-refractivity contribution is 5.82. The van der Waals surface area contributed by atoms with Gasteiger partial charge in [0.2, 0.25) is 0 Å². The number of aryl methyl sites for hydroxylation is 1. The molecule has 20 heavy (non-hydrogen) atoms. The molecule has 0 radical (unpaired) electrons. The van der Waals surface area contributed by atoms with Gasteiger partial charge in [-0.05, 0) is 41.3 Å². The quantitative estimate of drug-likeness (QED) is 0.654. The average molecular weight is 271 g/mol. The van der Waals surface area contributed by atoms with Gasteiger partial charge in [-0.25, -0.2) is 14.6 Å². The van der Waals surface area contributed by atoms with Crippen molar-refractivity contribution in [1.29, 1.82) is 0 Å². The van der Waals surface area contributed by atoms with E-state index in [4.69, 9.17) is 5.73 Å². The summed E-state index contributed by atoms with van der Waals surface area (Å²) in [4.78, 5) is 10.5. The van der Waals surface area contributed by atoms with Gasteiger partial charge in [0.05, 0.1) is 6.21 Å². The minimum absolute atomic E-state index is 0.243. The number of hydrogen-bond donors (Lipinski definition) is 2. The first-order chi connectivity index (χ1) is 9.56. The Morgan fingerprint density at radius 2 is 1.95 bits per heavy atom. The van der Waals surface area contributed by atoms with Gasteiger partial charge < -0.3 is 5.73 Å². The van der Waals surface area contributed by atoms with E-state index in [9.17, 15) is 9.18 Å². The number of nitrogens with one attached hydrogen (secondary N) is 1. The molecule has 0 bridgehead atoms. The molecule has 0 heterocycles. The van der Waals surface area contributed by atoms with E-state index >= 15 is 0 Å². The van der Waals surface area contributed by atoms with Crippen LogP contribution in [0.15, 0.2) is 47.6 Å². The molecule has 0 saturated carbocycles.